The van der Waals surface area contributed by atoms with Gasteiger partial charge in [0.05, 0.1) is 18.3 Å². The van der Waals surface area contributed by atoms with Gasteiger partial charge in [0, 0.05) is 48.1 Å². The van der Waals surface area contributed by atoms with Crippen LogP contribution < -0.4 is 5.56 Å². The summed E-state index contributed by atoms with van der Waals surface area (Å²) in [6.45, 7) is 3.50. The fraction of sp³-hybridized carbons (Fsp3) is 0.257. The van der Waals surface area contributed by atoms with Crippen LogP contribution >= 0.6 is 23.4 Å². The average Bonchev–Trinajstić information content (AvgIpc) is 3.58. The van der Waals surface area contributed by atoms with E-state index in [2.05, 4.69) is 15.2 Å². The minimum absolute atomic E-state index is 0.0398. The lowest BCUT2D eigenvalue weighted by Gasteiger charge is -2.25. The summed E-state index contributed by atoms with van der Waals surface area (Å²) in [5, 5.41) is 7.94. The van der Waals surface area contributed by atoms with Crippen molar-refractivity contribution in [2.45, 2.75) is 36.7 Å². The van der Waals surface area contributed by atoms with E-state index in [9.17, 15) is 14.0 Å². The zero-order valence-corrected chi connectivity index (χ0v) is 27.5. The van der Waals surface area contributed by atoms with Gasteiger partial charge in [-0.05, 0) is 66.2 Å². The number of rotatable bonds is 13. The number of halogens is 2. The highest BCUT2D eigenvalue weighted by molar-refractivity contribution is 7.98. The summed E-state index contributed by atoms with van der Waals surface area (Å²) in [5.41, 5.74) is 5.37. The van der Waals surface area contributed by atoms with Crippen molar-refractivity contribution in [2.24, 2.45) is 0 Å². The quantitative estimate of drug-likeness (QED) is 0.110. The molecule has 1 atom stereocenters. The van der Waals surface area contributed by atoms with E-state index in [0.29, 0.717) is 46.8 Å². The highest BCUT2D eigenvalue weighted by atomic mass is 35.5. The van der Waals surface area contributed by atoms with E-state index in [0.717, 1.165) is 27.8 Å². The predicted molar refractivity (Wildman–Crippen MR) is 181 cm³/mol. The third-order valence-corrected chi connectivity index (χ3v) is 8.94. The number of likely N-dealkylation sites (N-methyl/N-ethyl adjacent to an activating group) is 1. The fourth-order valence-corrected chi connectivity index (χ4v) is 6.05. The lowest BCUT2D eigenvalue weighted by atomic mass is 9.94. The molecule has 0 aliphatic heterocycles. The molecule has 1 unspecified atom stereocenters. The third-order valence-electron chi connectivity index (χ3n) is 7.75. The Kier molecular flexibility index (Phi) is 11.1. The van der Waals surface area contributed by atoms with Gasteiger partial charge in [-0.3, -0.25) is 14.7 Å². The molecule has 2 N–H and O–H groups in total. The molecule has 0 aliphatic carbocycles. The molecule has 2 aromatic heterocycles. The number of nitrogens with zero attached hydrogens (tertiary/aromatic N) is 4. The number of hydrogen-bond donors (Lipinski definition) is 2. The van der Waals surface area contributed by atoms with Crippen LogP contribution in [-0.4, -0.2) is 63.1 Å². The van der Waals surface area contributed by atoms with E-state index >= 15 is 0 Å². The van der Waals surface area contributed by atoms with Gasteiger partial charge in [-0.15, -0.1) is 0 Å². The smallest absolute Gasteiger partial charge is 0.255 e. The van der Waals surface area contributed by atoms with Gasteiger partial charge in [-0.1, -0.05) is 78.8 Å². The lowest BCUT2D eigenvalue weighted by molar-refractivity contribution is -0.131. The first-order valence-corrected chi connectivity index (χ1v) is 16.3. The first kappa shape index (κ1) is 33.1. The first-order chi connectivity index (χ1) is 22.2. The predicted octanol–water partition coefficient (Wildman–Crippen LogP) is 6.53. The van der Waals surface area contributed by atoms with Crippen molar-refractivity contribution in [1.82, 2.24) is 30.0 Å². The molecule has 46 heavy (non-hydrogen) atoms. The Hall–Kier alpha value is -4.25. The van der Waals surface area contributed by atoms with Crippen LogP contribution in [-0.2, 0) is 23.5 Å². The number of H-pyrrole nitrogens is 2. The first-order valence-electron chi connectivity index (χ1n) is 14.9. The minimum atomic E-state index is -0.343. The number of nitrogens with one attached hydrogen (secondary N) is 2. The molecule has 0 fully saturated rings. The van der Waals surface area contributed by atoms with Gasteiger partial charge in [-0.2, -0.15) is 5.10 Å². The van der Waals surface area contributed by atoms with Crippen LogP contribution in [0.1, 0.15) is 40.8 Å². The Morgan fingerprint density at radius 1 is 0.957 bits per heavy atom. The van der Waals surface area contributed by atoms with Crippen molar-refractivity contribution >= 4 is 29.3 Å². The van der Waals surface area contributed by atoms with Gasteiger partial charge >= 0.3 is 0 Å². The van der Waals surface area contributed by atoms with E-state index in [1.807, 2.05) is 79.3 Å². The summed E-state index contributed by atoms with van der Waals surface area (Å²) < 4.78 is 13.4. The lowest BCUT2D eigenvalue weighted by Crippen LogP contribution is -2.38. The number of benzene rings is 3. The second-order valence-electron chi connectivity index (χ2n) is 11.4. The molecule has 3 aromatic carbocycles. The number of carbonyl (C=O) groups is 1. The number of carbonyl (C=O) groups excluding carboxylic acids is 1. The number of hydrogen-bond acceptors (Lipinski definition) is 6. The Labute approximate surface area is 277 Å². The Bertz CT molecular complexity index is 1790. The zero-order valence-electron chi connectivity index (χ0n) is 26.0. The summed E-state index contributed by atoms with van der Waals surface area (Å²) in [4.78, 5) is 39.1. The van der Waals surface area contributed by atoms with E-state index in [1.54, 1.807) is 24.5 Å². The largest absolute Gasteiger partial charge is 0.337 e. The maximum atomic E-state index is 14.0. The second kappa shape index (κ2) is 15.4. The second-order valence-corrected chi connectivity index (χ2v) is 12.8. The van der Waals surface area contributed by atoms with Gasteiger partial charge in [-0.25, -0.2) is 9.37 Å². The fourth-order valence-electron chi connectivity index (χ4n) is 5.09. The van der Waals surface area contributed by atoms with Gasteiger partial charge < -0.3 is 14.8 Å². The molecule has 2 heterocycles. The van der Waals surface area contributed by atoms with Crippen LogP contribution in [0.25, 0.3) is 11.1 Å². The maximum Gasteiger partial charge on any atom is 0.255 e. The van der Waals surface area contributed by atoms with Crippen LogP contribution in [0.4, 0.5) is 4.39 Å². The van der Waals surface area contributed by atoms with E-state index in [-0.39, 0.29) is 29.6 Å². The van der Waals surface area contributed by atoms with Crippen molar-refractivity contribution in [3.63, 3.8) is 0 Å². The molecule has 0 saturated heterocycles. The number of aromatic nitrogens is 4. The summed E-state index contributed by atoms with van der Waals surface area (Å²) in [5.74, 6) is -0.301. The van der Waals surface area contributed by atoms with Crippen LogP contribution in [0, 0.1) is 5.82 Å². The Morgan fingerprint density at radius 3 is 2.24 bits per heavy atom. The van der Waals surface area contributed by atoms with E-state index in [1.165, 1.54) is 23.9 Å². The summed E-state index contributed by atoms with van der Waals surface area (Å²) in [6, 6.07) is 22.0. The monoisotopic (exact) mass is 658 g/mol. The van der Waals surface area contributed by atoms with Crippen molar-refractivity contribution in [2.75, 3.05) is 27.2 Å². The van der Waals surface area contributed by atoms with E-state index in [4.69, 9.17) is 16.6 Å². The molecule has 0 aliphatic rings. The average molecular weight is 659 g/mol. The van der Waals surface area contributed by atoms with Crippen LogP contribution in [0.2, 0.25) is 5.02 Å². The van der Waals surface area contributed by atoms with Gasteiger partial charge in [0.25, 0.3) is 5.56 Å². The molecule has 0 radical (unpaired) electrons. The molecule has 11 heteroatoms. The Balaban J connectivity index is 1.40. The summed E-state index contributed by atoms with van der Waals surface area (Å²) >= 11 is 7.39. The molecule has 5 aromatic rings. The molecule has 0 bridgehead atoms. The summed E-state index contributed by atoms with van der Waals surface area (Å²) in [7, 11) is 3.94. The molecular weight excluding hydrogens is 623 g/mol. The summed E-state index contributed by atoms with van der Waals surface area (Å²) in [6.07, 6.45) is 3.37. The van der Waals surface area contributed by atoms with Crippen LogP contribution in [0.15, 0.2) is 95.1 Å². The van der Waals surface area contributed by atoms with Crippen molar-refractivity contribution in [1.29, 1.82) is 0 Å². The van der Waals surface area contributed by atoms with Gasteiger partial charge in [0.1, 0.15) is 5.82 Å². The van der Waals surface area contributed by atoms with Gasteiger partial charge in [0.15, 0.2) is 5.16 Å². The maximum absolute atomic E-state index is 14.0. The molecule has 0 spiro atoms. The Morgan fingerprint density at radius 2 is 1.61 bits per heavy atom. The number of aromatic amines is 2. The normalized spacial score (nSPS) is 12.0. The van der Waals surface area contributed by atoms with Crippen molar-refractivity contribution in [3.8, 4) is 11.1 Å². The number of thioether (sulfide) groups is 1. The number of amides is 1. The molecule has 8 nitrogen and oxygen atoms in total. The standard InChI is InChI=1S/C35H36ClFN6O2S/c1-23(28-19-38-39-20-28)33-31(40-35(41-34(33)45)46-22-25-6-14-30(37)15-7-25)18-32(44)43(17-16-42(2)3)21-24-4-8-26(9-5-24)27-10-12-29(36)13-11-27/h4-15,19-20,23H,16-18,21-22H2,1-3H3,(H,38,39)(H,40,41,45). The SMILES string of the molecule is CC(c1cn[nH]c1)c1c(CC(=O)N(CCN(C)C)Cc2ccc(-c3ccc(Cl)cc3)cc2)nc(SCc2ccc(F)cc2)[nH]c1=O. The highest BCUT2D eigenvalue weighted by Crippen LogP contribution is 2.27. The van der Waals surface area contributed by atoms with Crippen molar-refractivity contribution < 1.29 is 9.18 Å². The van der Waals surface area contributed by atoms with Crippen LogP contribution in [0.3, 0.4) is 0 Å². The topological polar surface area (TPSA) is 98.0 Å². The minimum Gasteiger partial charge on any atom is -0.337 e. The molecule has 0 saturated carbocycles. The van der Waals surface area contributed by atoms with E-state index < -0.39 is 0 Å². The molecule has 1 amide bonds. The molecular formula is C35H36ClFN6O2S. The van der Waals surface area contributed by atoms with Gasteiger partial charge in [0.2, 0.25) is 5.91 Å². The third kappa shape index (κ3) is 8.72. The molecule has 238 valence electrons. The highest BCUT2D eigenvalue weighted by Gasteiger charge is 2.24. The van der Waals surface area contributed by atoms with Crippen molar-refractivity contribution in [3.05, 3.63) is 134 Å². The molecule has 5 rings (SSSR count). The van der Waals surface area contributed by atoms with Crippen LogP contribution in [0.5, 0.6) is 0 Å². The zero-order chi connectivity index (χ0) is 32.6.